The Kier molecular flexibility index (Phi) is 7.87. The molecule has 1 fully saturated rings. The molecule has 0 radical (unpaired) electrons. The summed E-state index contributed by atoms with van der Waals surface area (Å²) in [6.07, 6.45) is 0. The lowest BCUT2D eigenvalue weighted by atomic mass is 10.1. The number of nitrogens with zero attached hydrogens (tertiary/aromatic N) is 2. The van der Waals surface area contributed by atoms with Crippen LogP contribution in [-0.2, 0) is 11.3 Å². The Labute approximate surface area is 210 Å². The predicted octanol–water partition coefficient (Wildman–Crippen LogP) is 5.20. The maximum Gasteiger partial charge on any atom is 0.255 e. The number of anilines is 1. The van der Waals surface area contributed by atoms with E-state index in [1.807, 2.05) is 61.2 Å². The highest BCUT2D eigenvalue weighted by atomic mass is 32.2. The third-order valence-corrected chi connectivity index (χ3v) is 7.33. The van der Waals surface area contributed by atoms with Crippen LogP contribution >= 0.6 is 11.8 Å². The minimum Gasteiger partial charge on any atom is -0.339 e. The molecule has 3 aromatic rings. The molecule has 1 aliphatic rings. The topological polar surface area (TPSA) is 69.7 Å². The molecule has 1 aliphatic heterocycles. The minimum absolute atomic E-state index is 0.0905. The molecule has 1 N–H and O–H groups in total. The average Bonchev–Trinajstić information content (AvgIpc) is 3.25. The van der Waals surface area contributed by atoms with Crippen molar-refractivity contribution in [3.05, 3.63) is 101 Å². The molecule has 0 saturated carbocycles. The quantitative estimate of drug-likeness (QED) is 0.474. The smallest absolute Gasteiger partial charge is 0.255 e. The standard InChI is InChI=1S/C28H29N3O3S/c1-3-30(4-2)27(34)23-12-8-9-13-24(23)29-26(33)21-14-16-22(17-15-21)28-31(25(32)19-35-28)18-20-10-6-5-7-11-20/h5-17,28H,3-4,18-19H2,1-2H3,(H,29,33)/t28-/m0/s1. The van der Waals surface area contributed by atoms with Gasteiger partial charge in [-0.1, -0.05) is 54.6 Å². The number of hydrogen-bond donors (Lipinski definition) is 1. The van der Waals surface area contributed by atoms with Crippen molar-refractivity contribution in [3.8, 4) is 0 Å². The molecule has 4 rings (SSSR count). The lowest BCUT2D eigenvalue weighted by Gasteiger charge is -2.24. The molecule has 3 aromatic carbocycles. The fraction of sp³-hybridized carbons (Fsp3) is 0.250. The van der Waals surface area contributed by atoms with Crippen molar-refractivity contribution in [3.63, 3.8) is 0 Å². The van der Waals surface area contributed by atoms with Crippen molar-refractivity contribution in [2.24, 2.45) is 0 Å². The lowest BCUT2D eigenvalue weighted by Crippen LogP contribution is -2.31. The van der Waals surface area contributed by atoms with Gasteiger partial charge in [0.05, 0.1) is 17.0 Å². The fourth-order valence-electron chi connectivity index (χ4n) is 4.13. The molecule has 1 heterocycles. The van der Waals surface area contributed by atoms with E-state index in [4.69, 9.17) is 0 Å². The van der Waals surface area contributed by atoms with E-state index in [9.17, 15) is 14.4 Å². The Bertz CT molecular complexity index is 1190. The fourth-order valence-corrected chi connectivity index (χ4v) is 5.32. The summed E-state index contributed by atoms with van der Waals surface area (Å²) >= 11 is 1.59. The van der Waals surface area contributed by atoms with Crippen LogP contribution in [0.2, 0.25) is 0 Å². The first-order chi connectivity index (χ1) is 17.0. The Morgan fingerprint density at radius 1 is 0.943 bits per heavy atom. The molecule has 0 bridgehead atoms. The third kappa shape index (κ3) is 5.57. The van der Waals surface area contributed by atoms with Crippen LogP contribution < -0.4 is 5.32 Å². The van der Waals surface area contributed by atoms with Crippen LogP contribution in [0.1, 0.15) is 51.1 Å². The molecule has 0 spiro atoms. The van der Waals surface area contributed by atoms with Crippen molar-refractivity contribution in [1.82, 2.24) is 9.80 Å². The summed E-state index contributed by atoms with van der Waals surface area (Å²) in [5, 5.41) is 2.80. The molecule has 180 valence electrons. The van der Waals surface area contributed by atoms with Crippen LogP contribution in [0.5, 0.6) is 0 Å². The van der Waals surface area contributed by atoms with Crippen molar-refractivity contribution in [2.75, 3.05) is 24.2 Å². The molecule has 7 heteroatoms. The van der Waals surface area contributed by atoms with Crippen LogP contribution in [0.15, 0.2) is 78.9 Å². The molecule has 1 atom stereocenters. The molecule has 0 aromatic heterocycles. The second-order valence-corrected chi connectivity index (χ2v) is 9.34. The zero-order valence-corrected chi connectivity index (χ0v) is 20.8. The highest BCUT2D eigenvalue weighted by molar-refractivity contribution is 8.00. The Morgan fingerprint density at radius 2 is 1.60 bits per heavy atom. The minimum atomic E-state index is -0.285. The van der Waals surface area contributed by atoms with Gasteiger partial charge in [0.2, 0.25) is 5.91 Å². The van der Waals surface area contributed by atoms with Gasteiger partial charge >= 0.3 is 0 Å². The molecular weight excluding hydrogens is 458 g/mol. The number of hydrogen-bond acceptors (Lipinski definition) is 4. The largest absolute Gasteiger partial charge is 0.339 e. The molecule has 6 nitrogen and oxygen atoms in total. The van der Waals surface area contributed by atoms with E-state index in [2.05, 4.69) is 5.32 Å². The van der Waals surface area contributed by atoms with Gasteiger partial charge in [-0.25, -0.2) is 0 Å². The van der Waals surface area contributed by atoms with Crippen molar-refractivity contribution < 1.29 is 14.4 Å². The number of amides is 3. The van der Waals surface area contributed by atoms with Crippen molar-refractivity contribution in [1.29, 1.82) is 0 Å². The Hall–Kier alpha value is -3.58. The molecule has 1 saturated heterocycles. The van der Waals surface area contributed by atoms with Gasteiger partial charge in [0.1, 0.15) is 5.37 Å². The van der Waals surface area contributed by atoms with E-state index in [0.717, 1.165) is 11.1 Å². The zero-order valence-electron chi connectivity index (χ0n) is 19.9. The SMILES string of the molecule is CCN(CC)C(=O)c1ccccc1NC(=O)c1ccc([C@@H]2SCC(=O)N2Cc2ccccc2)cc1. The van der Waals surface area contributed by atoms with Gasteiger partial charge in [0.15, 0.2) is 0 Å². The van der Waals surface area contributed by atoms with E-state index >= 15 is 0 Å². The monoisotopic (exact) mass is 487 g/mol. The average molecular weight is 488 g/mol. The van der Waals surface area contributed by atoms with Crippen LogP contribution in [0, 0.1) is 0 Å². The maximum absolute atomic E-state index is 13.0. The number of carbonyl (C=O) groups is 3. The summed E-state index contributed by atoms with van der Waals surface area (Å²) < 4.78 is 0. The second-order valence-electron chi connectivity index (χ2n) is 8.27. The number of carbonyl (C=O) groups excluding carboxylic acids is 3. The normalized spacial score (nSPS) is 15.2. The second kappa shape index (κ2) is 11.2. The van der Waals surface area contributed by atoms with Crippen LogP contribution in [0.4, 0.5) is 5.69 Å². The molecular formula is C28H29N3O3S. The van der Waals surface area contributed by atoms with E-state index in [-0.39, 0.29) is 23.1 Å². The van der Waals surface area contributed by atoms with E-state index in [1.54, 1.807) is 53.1 Å². The highest BCUT2D eigenvalue weighted by Gasteiger charge is 2.32. The number of nitrogens with one attached hydrogen (secondary N) is 1. The number of benzene rings is 3. The summed E-state index contributed by atoms with van der Waals surface area (Å²) in [5.41, 5.74) is 3.51. The van der Waals surface area contributed by atoms with Crippen LogP contribution in [-0.4, -0.2) is 46.4 Å². The molecule has 0 unspecified atom stereocenters. The first kappa shape index (κ1) is 24.5. The molecule has 3 amide bonds. The van der Waals surface area contributed by atoms with Gasteiger partial charge < -0.3 is 15.1 Å². The maximum atomic E-state index is 13.0. The summed E-state index contributed by atoms with van der Waals surface area (Å²) in [5.74, 6) is 0.160. The van der Waals surface area contributed by atoms with Gasteiger partial charge in [-0.15, -0.1) is 11.8 Å². The van der Waals surface area contributed by atoms with E-state index in [1.165, 1.54) is 0 Å². The van der Waals surface area contributed by atoms with Crippen molar-refractivity contribution in [2.45, 2.75) is 25.8 Å². The van der Waals surface area contributed by atoms with Crippen molar-refractivity contribution >= 4 is 35.2 Å². The van der Waals surface area contributed by atoms with Gasteiger partial charge in [-0.05, 0) is 49.2 Å². The van der Waals surface area contributed by atoms with Gasteiger partial charge in [-0.2, -0.15) is 0 Å². The van der Waals surface area contributed by atoms with Crippen LogP contribution in [0.3, 0.4) is 0 Å². The first-order valence-electron chi connectivity index (χ1n) is 11.8. The number of rotatable bonds is 8. The highest BCUT2D eigenvalue weighted by Crippen LogP contribution is 2.39. The third-order valence-electron chi connectivity index (χ3n) is 6.08. The van der Waals surface area contributed by atoms with Gasteiger partial charge in [-0.3, -0.25) is 14.4 Å². The van der Waals surface area contributed by atoms with Gasteiger partial charge in [0.25, 0.3) is 11.8 Å². The summed E-state index contributed by atoms with van der Waals surface area (Å²) in [7, 11) is 0. The number of para-hydroxylation sites is 1. The zero-order chi connectivity index (χ0) is 24.8. The Morgan fingerprint density at radius 3 is 2.29 bits per heavy atom. The van der Waals surface area contributed by atoms with E-state index in [0.29, 0.717) is 42.2 Å². The summed E-state index contributed by atoms with van der Waals surface area (Å²) in [6, 6.07) is 24.3. The van der Waals surface area contributed by atoms with Crippen LogP contribution in [0.25, 0.3) is 0 Å². The Balaban J connectivity index is 1.48. The predicted molar refractivity (Wildman–Crippen MR) is 140 cm³/mol. The summed E-state index contributed by atoms with van der Waals surface area (Å²) in [4.78, 5) is 42.0. The molecule has 0 aliphatic carbocycles. The first-order valence-corrected chi connectivity index (χ1v) is 12.8. The van der Waals surface area contributed by atoms with Gasteiger partial charge in [0, 0.05) is 25.2 Å². The lowest BCUT2D eigenvalue weighted by molar-refractivity contribution is -0.128. The molecule has 35 heavy (non-hydrogen) atoms. The van der Waals surface area contributed by atoms with E-state index < -0.39 is 0 Å². The summed E-state index contributed by atoms with van der Waals surface area (Å²) in [6.45, 7) is 5.61. The number of thioether (sulfide) groups is 1.